The molecule has 2 aromatic carbocycles. The van der Waals surface area contributed by atoms with Crippen molar-refractivity contribution in [1.29, 1.82) is 0 Å². The first-order valence-corrected chi connectivity index (χ1v) is 9.24. The fourth-order valence-corrected chi connectivity index (χ4v) is 3.82. The van der Waals surface area contributed by atoms with Crippen LogP contribution in [0.25, 0.3) is 0 Å². The predicted molar refractivity (Wildman–Crippen MR) is 104 cm³/mol. The number of hydrogen-bond acceptors (Lipinski definition) is 4. The number of carbonyl (C=O) groups excluding carboxylic acids is 3. The molecule has 1 unspecified atom stereocenters. The van der Waals surface area contributed by atoms with Crippen molar-refractivity contribution in [2.45, 2.75) is 18.9 Å². The van der Waals surface area contributed by atoms with Gasteiger partial charge in [0.05, 0.1) is 18.4 Å². The van der Waals surface area contributed by atoms with E-state index in [1.54, 1.807) is 60.5 Å². The van der Waals surface area contributed by atoms with Crippen LogP contribution in [0.15, 0.2) is 48.5 Å². The highest BCUT2D eigenvalue weighted by molar-refractivity contribution is 6.13. The fourth-order valence-electron chi connectivity index (χ4n) is 3.82. The molecule has 144 valence electrons. The lowest BCUT2D eigenvalue weighted by Gasteiger charge is -2.25. The second kappa shape index (κ2) is 7.34. The summed E-state index contributed by atoms with van der Waals surface area (Å²) in [6, 6.07) is 13.5. The van der Waals surface area contributed by atoms with Crippen molar-refractivity contribution < 1.29 is 19.1 Å². The van der Waals surface area contributed by atoms with Gasteiger partial charge in [-0.2, -0.15) is 0 Å². The van der Waals surface area contributed by atoms with Crippen molar-refractivity contribution in [2.24, 2.45) is 0 Å². The van der Waals surface area contributed by atoms with E-state index < -0.39 is 6.04 Å². The highest BCUT2D eigenvalue weighted by Gasteiger charge is 2.42. The Hall–Kier alpha value is -3.35. The lowest BCUT2D eigenvalue weighted by atomic mass is 10.1. The van der Waals surface area contributed by atoms with E-state index in [1.165, 1.54) is 4.90 Å². The summed E-state index contributed by atoms with van der Waals surface area (Å²) < 4.78 is 5.17. The Kier molecular flexibility index (Phi) is 4.73. The maximum Gasteiger partial charge on any atom is 0.256 e. The molecule has 0 spiro atoms. The van der Waals surface area contributed by atoms with Crippen LogP contribution in [0.5, 0.6) is 5.75 Å². The number of para-hydroxylation sites is 1. The topological polar surface area (TPSA) is 79.0 Å². The van der Waals surface area contributed by atoms with E-state index in [0.29, 0.717) is 35.7 Å². The number of rotatable bonds is 4. The Morgan fingerprint density at radius 1 is 1.18 bits per heavy atom. The minimum atomic E-state index is -0.510. The zero-order valence-electron chi connectivity index (χ0n) is 15.6. The summed E-state index contributed by atoms with van der Waals surface area (Å²) >= 11 is 0. The quantitative estimate of drug-likeness (QED) is 0.884. The number of ether oxygens (including phenoxy) is 1. The van der Waals surface area contributed by atoms with Gasteiger partial charge in [0.1, 0.15) is 18.3 Å². The van der Waals surface area contributed by atoms with Crippen LogP contribution in [0.1, 0.15) is 23.2 Å². The van der Waals surface area contributed by atoms with Crippen LogP contribution in [0.2, 0.25) is 0 Å². The SMILES string of the molecule is COc1cccc(NC(=O)CN2C(=O)C3CCCN3C(=O)c3ccccc32)c1. The molecule has 0 saturated carbocycles. The second-order valence-corrected chi connectivity index (χ2v) is 6.88. The summed E-state index contributed by atoms with van der Waals surface area (Å²) in [7, 11) is 1.55. The molecule has 1 saturated heterocycles. The summed E-state index contributed by atoms with van der Waals surface area (Å²) in [6.07, 6.45) is 1.40. The Bertz CT molecular complexity index is 943. The normalized spacial score (nSPS) is 18.4. The van der Waals surface area contributed by atoms with Crippen molar-refractivity contribution in [3.8, 4) is 5.75 Å². The van der Waals surface area contributed by atoms with Crippen molar-refractivity contribution in [3.05, 3.63) is 54.1 Å². The molecule has 2 heterocycles. The number of amides is 3. The molecule has 2 aliphatic heterocycles. The summed E-state index contributed by atoms with van der Waals surface area (Å²) in [5, 5.41) is 2.80. The Morgan fingerprint density at radius 3 is 2.82 bits per heavy atom. The number of anilines is 2. The van der Waals surface area contributed by atoms with Gasteiger partial charge in [0.2, 0.25) is 11.8 Å². The molecular weight excluding hydrogens is 358 g/mol. The number of hydrogen-bond donors (Lipinski definition) is 1. The number of benzene rings is 2. The first-order valence-electron chi connectivity index (χ1n) is 9.24. The van der Waals surface area contributed by atoms with Gasteiger partial charge in [0.25, 0.3) is 5.91 Å². The highest BCUT2D eigenvalue weighted by atomic mass is 16.5. The zero-order chi connectivity index (χ0) is 19.7. The lowest BCUT2D eigenvalue weighted by Crippen LogP contribution is -2.47. The Balaban J connectivity index is 1.61. The van der Waals surface area contributed by atoms with Crippen LogP contribution in [0.4, 0.5) is 11.4 Å². The summed E-state index contributed by atoms with van der Waals surface area (Å²) in [5.41, 5.74) is 1.51. The summed E-state index contributed by atoms with van der Waals surface area (Å²) in [4.78, 5) is 41.8. The third-order valence-corrected chi connectivity index (χ3v) is 5.15. The van der Waals surface area contributed by atoms with E-state index >= 15 is 0 Å². The molecule has 1 atom stereocenters. The van der Waals surface area contributed by atoms with Crippen molar-refractivity contribution in [1.82, 2.24) is 4.90 Å². The molecule has 0 radical (unpaired) electrons. The number of nitrogens with zero attached hydrogens (tertiary/aromatic N) is 2. The first-order chi connectivity index (χ1) is 13.6. The smallest absolute Gasteiger partial charge is 0.256 e. The fraction of sp³-hybridized carbons (Fsp3) is 0.286. The summed E-state index contributed by atoms with van der Waals surface area (Å²) in [6.45, 7) is 0.401. The Morgan fingerprint density at radius 2 is 2.00 bits per heavy atom. The summed E-state index contributed by atoms with van der Waals surface area (Å²) in [5.74, 6) is -0.0739. The van der Waals surface area contributed by atoms with Gasteiger partial charge in [-0.3, -0.25) is 14.4 Å². The largest absolute Gasteiger partial charge is 0.497 e. The molecule has 1 N–H and O–H groups in total. The molecule has 28 heavy (non-hydrogen) atoms. The van der Waals surface area contributed by atoms with Crippen LogP contribution in [0.3, 0.4) is 0 Å². The maximum atomic E-state index is 13.2. The number of carbonyl (C=O) groups is 3. The maximum absolute atomic E-state index is 13.2. The third kappa shape index (κ3) is 3.19. The average Bonchev–Trinajstić information content (AvgIpc) is 3.18. The van der Waals surface area contributed by atoms with E-state index in [1.807, 2.05) is 0 Å². The molecule has 3 amide bonds. The molecule has 2 aliphatic rings. The van der Waals surface area contributed by atoms with Crippen LogP contribution in [-0.2, 0) is 9.59 Å². The van der Waals surface area contributed by atoms with Gasteiger partial charge < -0.3 is 19.9 Å². The molecule has 4 rings (SSSR count). The van der Waals surface area contributed by atoms with Crippen molar-refractivity contribution in [3.63, 3.8) is 0 Å². The molecule has 0 bridgehead atoms. The van der Waals surface area contributed by atoms with Crippen LogP contribution < -0.4 is 15.0 Å². The molecule has 0 aromatic heterocycles. The van der Waals surface area contributed by atoms with Gasteiger partial charge in [-0.25, -0.2) is 0 Å². The minimum Gasteiger partial charge on any atom is -0.497 e. The van der Waals surface area contributed by atoms with Gasteiger partial charge >= 0.3 is 0 Å². The van der Waals surface area contributed by atoms with E-state index in [9.17, 15) is 14.4 Å². The van der Waals surface area contributed by atoms with Crippen LogP contribution in [0, 0.1) is 0 Å². The molecule has 1 fully saturated rings. The van der Waals surface area contributed by atoms with Gasteiger partial charge in [-0.05, 0) is 37.1 Å². The zero-order valence-corrected chi connectivity index (χ0v) is 15.6. The number of nitrogens with one attached hydrogen (secondary N) is 1. The number of methoxy groups -OCH3 is 1. The molecule has 0 aliphatic carbocycles. The minimum absolute atomic E-state index is 0.151. The van der Waals surface area contributed by atoms with Gasteiger partial charge in [0.15, 0.2) is 0 Å². The average molecular weight is 379 g/mol. The van der Waals surface area contributed by atoms with Crippen molar-refractivity contribution in [2.75, 3.05) is 30.4 Å². The monoisotopic (exact) mass is 379 g/mol. The van der Waals surface area contributed by atoms with E-state index in [4.69, 9.17) is 4.74 Å². The number of fused-ring (bicyclic) bond motifs is 2. The molecule has 7 heteroatoms. The first kappa shape index (κ1) is 18.0. The van der Waals surface area contributed by atoms with Crippen LogP contribution >= 0.6 is 0 Å². The highest BCUT2D eigenvalue weighted by Crippen LogP contribution is 2.32. The van der Waals surface area contributed by atoms with Gasteiger partial charge in [-0.15, -0.1) is 0 Å². The van der Waals surface area contributed by atoms with Gasteiger partial charge in [-0.1, -0.05) is 18.2 Å². The molecule has 2 aromatic rings. The van der Waals surface area contributed by atoms with Crippen LogP contribution in [-0.4, -0.2) is 48.9 Å². The van der Waals surface area contributed by atoms with Crippen molar-refractivity contribution >= 4 is 29.1 Å². The predicted octanol–water partition coefficient (Wildman–Crippen LogP) is 2.29. The van der Waals surface area contributed by atoms with E-state index in [-0.39, 0.29) is 24.3 Å². The molecule has 7 nitrogen and oxygen atoms in total. The second-order valence-electron chi connectivity index (χ2n) is 6.88. The Labute approximate surface area is 162 Å². The standard InChI is InChI=1S/C21H21N3O4/c1-28-15-7-4-6-14(12-15)22-19(25)13-24-17-9-3-2-8-16(17)20(26)23-11-5-10-18(23)21(24)27/h2-4,6-9,12,18H,5,10-11,13H2,1H3,(H,22,25). The third-order valence-electron chi connectivity index (χ3n) is 5.15. The van der Waals surface area contributed by atoms with E-state index in [2.05, 4.69) is 5.32 Å². The molecular formula is C21H21N3O4. The van der Waals surface area contributed by atoms with E-state index in [0.717, 1.165) is 6.42 Å². The lowest BCUT2D eigenvalue weighted by molar-refractivity contribution is -0.124. The van der Waals surface area contributed by atoms with Gasteiger partial charge in [0, 0.05) is 18.3 Å².